The Morgan fingerprint density at radius 3 is 2.81 bits per heavy atom. The van der Waals surface area contributed by atoms with Gasteiger partial charge in [-0.2, -0.15) is 0 Å². The van der Waals surface area contributed by atoms with Crippen LogP contribution in [0.1, 0.15) is 18.2 Å². The lowest BCUT2D eigenvalue weighted by atomic mass is 10.1. The Kier molecular flexibility index (Phi) is 3.01. The summed E-state index contributed by atoms with van der Waals surface area (Å²) in [7, 11) is 0. The summed E-state index contributed by atoms with van der Waals surface area (Å²) in [6, 6.07) is 8.23. The van der Waals surface area contributed by atoms with Crippen LogP contribution in [-0.2, 0) is 6.42 Å². The van der Waals surface area contributed by atoms with Crippen molar-refractivity contribution in [2.24, 2.45) is 5.73 Å². The maximum atomic E-state index is 5.80. The van der Waals surface area contributed by atoms with Crippen molar-refractivity contribution in [3.05, 3.63) is 41.7 Å². The van der Waals surface area contributed by atoms with Gasteiger partial charge in [0.25, 0.3) is 0 Å². The molecule has 0 aliphatic heterocycles. The molecule has 0 saturated carbocycles. The van der Waals surface area contributed by atoms with Gasteiger partial charge >= 0.3 is 0 Å². The smallest absolute Gasteiger partial charge is 0.0730 e. The third-order valence-corrected chi connectivity index (χ3v) is 2.49. The molecule has 2 rings (SSSR count). The van der Waals surface area contributed by atoms with E-state index >= 15 is 0 Å². The molecule has 1 atom stereocenters. The molecule has 4 nitrogen and oxygen atoms in total. The van der Waals surface area contributed by atoms with E-state index in [4.69, 9.17) is 5.73 Å². The highest BCUT2D eigenvalue weighted by Gasteiger charge is 2.09. The number of aromatic nitrogens is 3. The summed E-state index contributed by atoms with van der Waals surface area (Å²) >= 11 is 0. The predicted octanol–water partition coefficient (Wildman–Crippen LogP) is 1.47. The van der Waals surface area contributed by atoms with Gasteiger partial charge in [0, 0.05) is 12.5 Å². The Balaban J connectivity index is 2.41. The van der Waals surface area contributed by atoms with Crippen LogP contribution >= 0.6 is 0 Å². The third kappa shape index (κ3) is 2.12. The Morgan fingerprint density at radius 1 is 1.38 bits per heavy atom. The molecule has 1 heterocycles. The quantitative estimate of drug-likeness (QED) is 0.845. The van der Waals surface area contributed by atoms with E-state index in [-0.39, 0.29) is 6.04 Å². The second-order valence-electron chi connectivity index (χ2n) is 4.11. The van der Waals surface area contributed by atoms with Crippen LogP contribution in [0.4, 0.5) is 0 Å². The zero-order valence-corrected chi connectivity index (χ0v) is 9.59. The molecule has 0 radical (unpaired) electrons. The lowest BCUT2D eigenvalue weighted by Crippen LogP contribution is -2.20. The summed E-state index contributed by atoms with van der Waals surface area (Å²) in [5.74, 6) is 0. The summed E-state index contributed by atoms with van der Waals surface area (Å²) < 4.78 is 1.86. The average Bonchev–Trinajstić information content (AvgIpc) is 2.66. The molecular weight excluding hydrogens is 200 g/mol. The van der Waals surface area contributed by atoms with E-state index in [9.17, 15) is 0 Å². The van der Waals surface area contributed by atoms with E-state index in [1.54, 1.807) is 6.20 Å². The molecule has 16 heavy (non-hydrogen) atoms. The van der Waals surface area contributed by atoms with Gasteiger partial charge in [0.1, 0.15) is 0 Å². The fourth-order valence-corrected chi connectivity index (χ4v) is 1.73. The van der Waals surface area contributed by atoms with Gasteiger partial charge in [0.15, 0.2) is 0 Å². The fraction of sp³-hybridized carbons (Fsp3) is 0.333. The number of para-hydroxylation sites is 1. The molecule has 2 aromatic rings. The minimum absolute atomic E-state index is 0.112. The number of hydrogen-bond donors (Lipinski definition) is 1. The Labute approximate surface area is 95.1 Å². The maximum Gasteiger partial charge on any atom is 0.0730 e. The van der Waals surface area contributed by atoms with Crippen molar-refractivity contribution in [3.8, 4) is 5.69 Å². The predicted molar refractivity (Wildman–Crippen MR) is 63.4 cm³/mol. The molecule has 84 valence electrons. The summed E-state index contributed by atoms with van der Waals surface area (Å²) in [4.78, 5) is 0. The van der Waals surface area contributed by atoms with E-state index in [1.165, 1.54) is 5.56 Å². The van der Waals surface area contributed by atoms with Crippen molar-refractivity contribution in [3.63, 3.8) is 0 Å². The molecule has 1 aromatic carbocycles. The molecule has 0 saturated heterocycles. The topological polar surface area (TPSA) is 56.7 Å². The third-order valence-electron chi connectivity index (χ3n) is 2.49. The second-order valence-corrected chi connectivity index (χ2v) is 4.11. The van der Waals surface area contributed by atoms with Gasteiger partial charge in [-0.1, -0.05) is 23.4 Å². The summed E-state index contributed by atoms with van der Waals surface area (Å²) in [5.41, 5.74) is 9.09. The number of benzene rings is 1. The standard InChI is InChI=1S/C12H16N4/c1-9-5-3-4-6-12(9)16-11(7-10(2)13)8-14-15-16/h3-6,8,10H,7,13H2,1-2H3. The molecule has 0 spiro atoms. The molecule has 0 bridgehead atoms. The second kappa shape index (κ2) is 4.45. The first-order valence-corrected chi connectivity index (χ1v) is 5.39. The van der Waals surface area contributed by atoms with Crippen LogP contribution in [0.15, 0.2) is 30.5 Å². The van der Waals surface area contributed by atoms with Crippen molar-refractivity contribution in [2.45, 2.75) is 26.3 Å². The van der Waals surface area contributed by atoms with E-state index in [0.29, 0.717) is 0 Å². The molecule has 0 aliphatic carbocycles. The van der Waals surface area contributed by atoms with E-state index in [2.05, 4.69) is 23.3 Å². The van der Waals surface area contributed by atoms with Crippen LogP contribution in [0, 0.1) is 6.92 Å². The highest BCUT2D eigenvalue weighted by Crippen LogP contribution is 2.14. The number of nitrogens with zero attached hydrogens (tertiary/aromatic N) is 3. The molecule has 2 N–H and O–H groups in total. The number of nitrogens with two attached hydrogens (primary N) is 1. The monoisotopic (exact) mass is 216 g/mol. The van der Waals surface area contributed by atoms with Gasteiger partial charge in [-0.05, 0) is 25.5 Å². The zero-order chi connectivity index (χ0) is 11.5. The van der Waals surface area contributed by atoms with Crippen molar-refractivity contribution in [2.75, 3.05) is 0 Å². The minimum atomic E-state index is 0.112. The van der Waals surface area contributed by atoms with Crippen LogP contribution in [0.3, 0.4) is 0 Å². The summed E-state index contributed by atoms with van der Waals surface area (Å²) in [6.07, 6.45) is 2.55. The molecule has 0 amide bonds. The SMILES string of the molecule is Cc1ccccc1-n1nncc1CC(C)N. The lowest BCUT2D eigenvalue weighted by molar-refractivity contribution is 0.680. The van der Waals surface area contributed by atoms with Gasteiger partial charge in [0.05, 0.1) is 17.6 Å². The van der Waals surface area contributed by atoms with Crippen LogP contribution in [0.25, 0.3) is 5.69 Å². The maximum absolute atomic E-state index is 5.80. The molecule has 4 heteroatoms. The number of hydrogen-bond acceptors (Lipinski definition) is 3. The van der Waals surface area contributed by atoms with E-state index in [0.717, 1.165) is 17.8 Å². The number of aryl methyl sites for hydroxylation is 1. The molecule has 0 fully saturated rings. The van der Waals surface area contributed by atoms with Crippen molar-refractivity contribution < 1.29 is 0 Å². The van der Waals surface area contributed by atoms with Gasteiger partial charge in [-0.15, -0.1) is 5.10 Å². The molecule has 0 aliphatic rings. The van der Waals surface area contributed by atoms with E-state index < -0.39 is 0 Å². The van der Waals surface area contributed by atoms with Crippen LogP contribution in [0.2, 0.25) is 0 Å². The lowest BCUT2D eigenvalue weighted by Gasteiger charge is -2.10. The van der Waals surface area contributed by atoms with Crippen molar-refractivity contribution >= 4 is 0 Å². The highest BCUT2D eigenvalue weighted by atomic mass is 15.4. The van der Waals surface area contributed by atoms with Gasteiger partial charge in [-0.25, -0.2) is 4.68 Å². The largest absolute Gasteiger partial charge is 0.328 e. The fourth-order valence-electron chi connectivity index (χ4n) is 1.73. The first-order valence-electron chi connectivity index (χ1n) is 5.39. The number of rotatable bonds is 3. The van der Waals surface area contributed by atoms with Gasteiger partial charge in [-0.3, -0.25) is 0 Å². The highest BCUT2D eigenvalue weighted by molar-refractivity contribution is 5.40. The Hall–Kier alpha value is -1.68. The summed E-state index contributed by atoms with van der Waals surface area (Å²) in [6.45, 7) is 4.04. The Bertz CT molecular complexity index is 473. The normalized spacial score (nSPS) is 12.7. The summed E-state index contributed by atoms with van der Waals surface area (Å²) in [5, 5.41) is 8.06. The van der Waals surface area contributed by atoms with Crippen LogP contribution < -0.4 is 5.73 Å². The van der Waals surface area contributed by atoms with Crippen molar-refractivity contribution in [1.29, 1.82) is 0 Å². The average molecular weight is 216 g/mol. The first kappa shape index (κ1) is 10.8. The van der Waals surface area contributed by atoms with Gasteiger partial charge < -0.3 is 5.73 Å². The Morgan fingerprint density at radius 2 is 2.12 bits per heavy atom. The van der Waals surface area contributed by atoms with E-state index in [1.807, 2.05) is 29.8 Å². The molecular formula is C12H16N4. The minimum Gasteiger partial charge on any atom is -0.328 e. The van der Waals surface area contributed by atoms with Gasteiger partial charge in [0.2, 0.25) is 0 Å². The zero-order valence-electron chi connectivity index (χ0n) is 9.59. The molecule has 1 unspecified atom stereocenters. The van der Waals surface area contributed by atoms with Crippen LogP contribution in [0.5, 0.6) is 0 Å². The van der Waals surface area contributed by atoms with Crippen molar-refractivity contribution in [1.82, 2.24) is 15.0 Å². The first-order chi connectivity index (χ1) is 7.68. The van der Waals surface area contributed by atoms with Crippen LogP contribution in [-0.4, -0.2) is 21.0 Å². The molecule has 1 aromatic heterocycles.